The lowest BCUT2D eigenvalue weighted by atomic mass is 10.3. The second-order valence-corrected chi connectivity index (χ2v) is 6.47. The summed E-state index contributed by atoms with van der Waals surface area (Å²) in [7, 11) is -3.51. The smallest absolute Gasteiger partial charge is 0.409 e. The molecule has 0 aliphatic heterocycles. The lowest BCUT2D eigenvalue weighted by Crippen LogP contribution is -2.06. The molecule has 7 heteroatoms. The van der Waals surface area contributed by atoms with Crippen molar-refractivity contribution >= 4 is 35.5 Å². The fourth-order valence-corrected chi connectivity index (χ4v) is 3.09. The molecule has 1 unspecified atom stereocenters. The van der Waals surface area contributed by atoms with E-state index in [1.165, 1.54) is 0 Å². The van der Waals surface area contributed by atoms with Gasteiger partial charge in [-0.15, -0.1) is 0 Å². The first kappa shape index (κ1) is 14.2. The number of thiocarbonyl (C=S) groups is 1. The van der Waals surface area contributed by atoms with Crippen LogP contribution in [0, 0.1) is 0 Å². The molecule has 0 amide bonds. The van der Waals surface area contributed by atoms with Crippen LogP contribution in [-0.2, 0) is 9.09 Å². The third-order valence-electron chi connectivity index (χ3n) is 2.38. The molecule has 0 fully saturated rings. The molecule has 0 saturated carbocycles. The van der Waals surface area contributed by atoms with E-state index in [9.17, 15) is 4.57 Å². The number of fused-ring (bicyclic) bond motifs is 1. The number of benzene rings is 1. The average molecular weight is 299 g/mol. The van der Waals surface area contributed by atoms with Gasteiger partial charge < -0.3 is 8.94 Å². The summed E-state index contributed by atoms with van der Waals surface area (Å²) in [5, 5.41) is 0. The van der Waals surface area contributed by atoms with Crippen molar-refractivity contribution in [3.8, 4) is 6.08 Å². The van der Waals surface area contributed by atoms with Gasteiger partial charge in [-0.2, -0.15) is 4.98 Å². The number of oxazole rings is 1. The normalized spacial score (nSPS) is 14.2. The molecule has 0 saturated heterocycles. The molecule has 19 heavy (non-hydrogen) atoms. The standard InChI is InChI=1S/C12H14NO4PS/c1-3-11(19)18(14,15-4-2)17-12-13-9-7-5-6-8-10(9)16-12/h5-8H,3-4H2,1-2H3. The van der Waals surface area contributed by atoms with Crippen LogP contribution in [-0.4, -0.2) is 16.2 Å². The second kappa shape index (κ2) is 5.82. The van der Waals surface area contributed by atoms with Gasteiger partial charge in [0.15, 0.2) is 5.58 Å². The van der Waals surface area contributed by atoms with Crippen LogP contribution in [0.15, 0.2) is 28.7 Å². The molecule has 1 aromatic heterocycles. The van der Waals surface area contributed by atoms with Crippen LogP contribution in [0.4, 0.5) is 0 Å². The van der Waals surface area contributed by atoms with Gasteiger partial charge in [-0.3, -0.25) is 4.52 Å². The van der Waals surface area contributed by atoms with Crippen molar-refractivity contribution in [2.75, 3.05) is 6.61 Å². The van der Waals surface area contributed by atoms with Crippen molar-refractivity contribution < 1.29 is 18.0 Å². The van der Waals surface area contributed by atoms with Gasteiger partial charge in [-0.05, 0) is 25.5 Å². The predicted molar refractivity (Wildman–Crippen MR) is 76.8 cm³/mol. The molecule has 2 rings (SSSR count). The Morgan fingerprint density at radius 3 is 2.79 bits per heavy atom. The van der Waals surface area contributed by atoms with E-state index in [4.69, 9.17) is 25.7 Å². The molecule has 0 radical (unpaired) electrons. The average Bonchev–Trinajstić information content (AvgIpc) is 2.79. The van der Waals surface area contributed by atoms with Gasteiger partial charge in [-0.1, -0.05) is 31.3 Å². The second-order valence-electron chi connectivity index (χ2n) is 3.70. The zero-order chi connectivity index (χ0) is 13.9. The first-order valence-corrected chi connectivity index (χ1v) is 7.87. The highest BCUT2D eigenvalue weighted by Gasteiger charge is 2.32. The molecule has 0 aliphatic rings. The van der Waals surface area contributed by atoms with Gasteiger partial charge in [0.2, 0.25) is 0 Å². The third kappa shape index (κ3) is 3.03. The summed E-state index contributed by atoms with van der Waals surface area (Å²) < 4.78 is 28.6. The lowest BCUT2D eigenvalue weighted by molar-refractivity contribution is 0.268. The van der Waals surface area contributed by atoms with E-state index in [2.05, 4.69) is 4.98 Å². The summed E-state index contributed by atoms with van der Waals surface area (Å²) in [4.78, 5) is 4.10. The fraction of sp³-hybridized carbons (Fsp3) is 0.333. The lowest BCUT2D eigenvalue weighted by Gasteiger charge is -2.15. The number of nitrogens with zero attached hydrogens (tertiary/aromatic N) is 1. The predicted octanol–water partition coefficient (Wildman–Crippen LogP) is 4.17. The van der Waals surface area contributed by atoms with Crippen LogP contribution in [0.3, 0.4) is 0 Å². The molecule has 1 atom stereocenters. The molecule has 0 spiro atoms. The molecule has 0 bridgehead atoms. The van der Waals surface area contributed by atoms with Gasteiger partial charge in [0, 0.05) is 0 Å². The molecule has 102 valence electrons. The minimum atomic E-state index is -3.51. The maximum absolute atomic E-state index is 12.5. The maximum atomic E-state index is 12.5. The summed E-state index contributed by atoms with van der Waals surface area (Å²) in [5.41, 5.74) is 1.19. The van der Waals surface area contributed by atoms with E-state index < -0.39 is 7.60 Å². The van der Waals surface area contributed by atoms with Crippen LogP contribution < -0.4 is 4.52 Å². The summed E-state index contributed by atoms with van der Waals surface area (Å²) in [6.45, 7) is 3.75. The molecule has 5 nitrogen and oxygen atoms in total. The van der Waals surface area contributed by atoms with E-state index in [0.717, 1.165) is 0 Å². The number of aromatic nitrogens is 1. The summed E-state index contributed by atoms with van der Waals surface area (Å²) >= 11 is 5.05. The van der Waals surface area contributed by atoms with Crippen LogP contribution in [0.5, 0.6) is 6.08 Å². The van der Waals surface area contributed by atoms with E-state index >= 15 is 0 Å². The first-order valence-electron chi connectivity index (χ1n) is 5.92. The molecular weight excluding hydrogens is 285 g/mol. The Morgan fingerprint density at radius 2 is 2.16 bits per heavy atom. The Labute approximate surface area is 116 Å². The quantitative estimate of drug-likeness (QED) is 0.589. The van der Waals surface area contributed by atoms with Gasteiger partial charge in [0.05, 0.1) is 6.61 Å². The number of rotatable bonds is 6. The van der Waals surface area contributed by atoms with Crippen molar-refractivity contribution in [2.45, 2.75) is 20.3 Å². The van der Waals surface area contributed by atoms with Crippen LogP contribution in [0.1, 0.15) is 20.3 Å². The van der Waals surface area contributed by atoms with Gasteiger partial charge in [0.1, 0.15) is 10.1 Å². The van der Waals surface area contributed by atoms with Crippen LogP contribution >= 0.6 is 19.8 Å². The molecule has 2 aromatic rings. The van der Waals surface area contributed by atoms with Crippen molar-refractivity contribution in [3.63, 3.8) is 0 Å². The third-order valence-corrected chi connectivity index (χ3v) is 5.26. The Morgan fingerprint density at radius 1 is 1.42 bits per heavy atom. The van der Waals surface area contributed by atoms with Crippen LogP contribution in [0.2, 0.25) is 0 Å². The minimum Gasteiger partial charge on any atom is -0.409 e. The number of hydrogen-bond acceptors (Lipinski definition) is 6. The molecular formula is C12H14NO4PS. The Kier molecular flexibility index (Phi) is 4.34. The topological polar surface area (TPSA) is 61.6 Å². The zero-order valence-electron chi connectivity index (χ0n) is 10.7. The molecule has 0 N–H and O–H groups in total. The number of hydrogen-bond donors (Lipinski definition) is 0. The van der Waals surface area contributed by atoms with Crippen molar-refractivity contribution in [1.29, 1.82) is 0 Å². The fourth-order valence-electron chi connectivity index (χ4n) is 1.51. The highest BCUT2D eigenvalue weighted by molar-refractivity contribution is 7.97. The highest BCUT2D eigenvalue weighted by Crippen LogP contribution is 2.50. The van der Waals surface area contributed by atoms with Gasteiger partial charge >= 0.3 is 13.7 Å². The van der Waals surface area contributed by atoms with Crippen molar-refractivity contribution in [2.24, 2.45) is 0 Å². The molecule has 1 aromatic carbocycles. The Balaban J connectivity index is 2.31. The van der Waals surface area contributed by atoms with Gasteiger partial charge in [0.25, 0.3) is 0 Å². The number of para-hydroxylation sites is 2. The van der Waals surface area contributed by atoms with E-state index in [0.29, 0.717) is 17.5 Å². The Bertz CT molecular complexity index is 606. The monoisotopic (exact) mass is 299 g/mol. The summed E-state index contributed by atoms with van der Waals surface area (Å²) in [6, 6.07) is 7.16. The minimum absolute atomic E-state index is 0.0891. The van der Waals surface area contributed by atoms with Crippen molar-refractivity contribution in [3.05, 3.63) is 24.3 Å². The van der Waals surface area contributed by atoms with E-state index in [1.807, 2.05) is 12.1 Å². The maximum Gasteiger partial charge on any atom is 0.420 e. The molecule has 1 heterocycles. The summed E-state index contributed by atoms with van der Waals surface area (Å²) in [6.07, 6.45) is 0.334. The Hall–Kier alpha value is -1.23. The SMILES string of the molecule is CCOP(=O)(Oc1nc2ccccc2o1)C(=S)CC. The summed E-state index contributed by atoms with van der Waals surface area (Å²) in [5.74, 6) is 0. The largest absolute Gasteiger partial charge is 0.420 e. The van der Waals surface area contributed by atoms with Crippen LogP contribution in [0.25, 0.3) is 11.1 Å². The first-order chi connectivity index (χ1) is 9.09. The van der Waals surface area contributed by atoms with Gasteiger partial charge in [-0.25, -0.2) is 4.57 Å². The van der Waals surface area contributed by atoms with E-state index in [-0.39, 0.29) is 17.3 Å². The zero-order valence-corrected chi connectivity index (χ0v) is 12.4. The highest BCUT2D eigenvalue weighted by atomic mass is 32.1. The van der Waals surface area contributed by atoms with E-state index in [1.54, 1.807) is 26.0 Å². The molecule has 0 aliphatic carbocycles. The van der Waals surface area contributed by atoms with Crippen molar-refractivity contribution in [1.82, 2.24) is 4.98 Å².